The highest BCUT2D eigenvalue weighted by Crippen LogP contribution is 2.31. The topological polar surface area (TPSA) is 48.3 Å². The molecule has 0 radical (unpaired) electrons. The molecule has 1 atom stereocenters. The molecular weight excluding hydrogens is 278 g/mol. The quantitative estimate of drug-likeness (QED) is 0.854. The van der Waals surface area contributed by atoms with Crippen molar-refractivity contribution in [2.75, 3.05) is 14.2 Å². The maximum absolute atomic E-state index is 5.47. The molecule has 1 aromatic heterocycles. The Labute approximate surface area is 132 Å². The first-order valence-electron chi connectivity index (χ1n) is 7.57. The molecular formula is C17H25N3O2. The average Bonchev–Trinajstić information content (AvgIpc) is 2.92. The number of hydrogen-bond acceptors (Lipinski definition) is 4. The molecule has 0 aliphatic rings. The molecule has 1 heterocycles. The van der Waals surface area contributed by atoms with Crippen molar-refractivity contribution in [3.63, 3.8) is 0 Å². The fourth-order valence-electron chi connectivity index (χ4n) is 2.67. The molecule has 5 heteroatoms. The number of rotatable bonds is 7. The summed E-state index contributed by atoms with van der Waals surface area (Å²) in [5, 5.41) is 7.93. The SMILES string of the molecule is CCn1ncc(C(C)NCc2cccc(OC)c2OC)c1C. The minimum atomic E-state index is 0.219. The van der Waals surface area contributed by atoms with Crippen LogP contribution in [0, 0.1) is 6.92 Å². The van der Waals surface area contributed by atoms with Crippen molar-refractivity contribution in [3.8, 4) is 11.5 Å². The zero-order valence-electron chi connectivity index (χ0n) is 14.0. The molecule has 0 aliphatic carbocycles. The highest BCUT2D eigenvalue weighted by atomic mass is 16.5. The third-order valence-corrected chi connectivity index (χ3v) is 3.99. The second kappa shape index (κ2) is 7.31. The first-order valence-corrected chi connectivity index (χ1v) is 7.57. The van der Waals surface area contributed by atoms with Gasteiger partial charge in [0.25, 0.3) is 0 Å². The van der Waals surface area contributed by atoms with Gasteiger partial charge in [-0.1, -0.05) is 12.1 Å². The van der Waals surface area contributed by atoms with E-state index in [2.05, 4.69) is 31.2 Å². The second-order valence-electron chi connectivity index (χ2n) is 5.26. The van der Waals surface area contributed by atoms with Gasteiger partial charge in [-0.25, -0.2) is 0 Å². The highest BCUT2D eigenvalue weighted by molar-refractivity contribution is 5.46. The van der Waals surface area contributed by atoms with Crippen LogP contribution in [0.1, 0.15) is 36.7 Å². The first kappa shape index (κ1) is 16.4. The number of nitrogens with zero attached hydrogens (tertiary/aromatic N) is 2. The monoisotopic (exact) mass is 303 g/mol. The fourth-order valence-corrected chi connectivity index (χ4v) is 2.67. The second-order valence-corrected chi connectivity index (χ2v) is 5.26. The molecule has 1 unspecified atom stereocenters. The predicted octanol–water partition coefficient (Wildman–Crippen LogP) is 3.08. The lowest BCUT2D eigenvalue weighted by atomic mass is 10.1. The zero-order chi connectivity index (χ0) is 16.1. The van der Waals surface area contributed by atoms with E-state index < -0.39 is 0 Å². The van der Waals surface area contributed by atoms with Gasteiger partial charge in [0.2, 0.25) is 0 Å². The standard InChI is InChI=1S/C17H25N3O2/c1-6-20-13(3)15(11-19-20)12(2)18-10-14-8-7-9-16(21-4)17(14)22-5/h7-9,11-12,18H,6,10H2,1-5H3. The van der Waals surface area contributed by atoms with Crippen LogP contribution in [0.2, 0.25) is 0 Å². The van der Waals surface area contributed by atoms with Crippen LogP contribution in [-0.4, -0.2) is 24.0 Å². The summed E-state index contributed by atoms with van der Waals surface area (Å²) in [7, 11) is 3.32. The van der Waals surface area contributed by atoms with Crippen LogP contribution in [0.3, 0.4) is 0 Å². The molecule has 0 saturated carbocycles. The number of benzene rings is 1. The van der Waals surface area contributed by atoms with E-state index >= 15 is 0 Å². The molecule has 0 amide bonds. The molecule has 0 saturated heterocycles. The zero-order valence-corrected chi connectivity index (χ0v) is 14.0. The minimum absolute atomic E-state index is 0.219. The van der Waals surface area contributed by atoms with E-state index in [1.54, 1.807) is 14.2 Å². The lowest BCUT2D eigenvalue weighted by Crippen LogP contribution is -2.19. The molecule has 0 bridgehead atoms. The van der Waals surface area contributed by atoms with Crippen LogP contribution in [0.25, 0.3) is 0 Å². The maximum Gasteiger partial charge on any atom is 0.165 e. The summed E-state index contributed by atoms with van der Waals surface area (Å²) in [6, 6.07) is 6.14. The van der Waals surface area contributed by atoms with Crippen LogP contribution < -0.4 is 14.8 Å². The number of para-hydroxylation sites is 1. The number of hydrogen-bond donors (Lipinski definition) is 1. The molecule has 2 aromatic rings. The summed E-state index contributed by atoms with van der Waals surface area (Å²) < 4.78 is 12.8. The summed E-state index contributed by atoms with van der Waals surface area (Å²) in [5.41, 5.74) is 3.51. The van der Waals surface area contributed by atoms with E-state index in [1.807, 2.05) is 29.1 Å². The van der Waals surface area contributed by atoms with Crippen molar-refractivity contribution < 1.29 is 9.47 Å². The van der Waals surface area contributed by atoms with E-state index in [0.29, 0.717) is 6.54 Å². The molecule has 0 fully saturated rings. The summed E-state index contributed by atoms with van der Waals surface area (Å²) >= 11 is 0. The van der Waals surface area contributed by atoms with Gasteiger partial charge < -0.3 is 14.8 Å². The van der Waals surface area contributed by atoms with Crippen molar-refractivity contribution in [2.24, 2.45) is 0 Å². The van der Waals surface area contributed by atoms with Gasteiger partial charge in [-0.15, -0.1) is 0 Å². The number of nitrogens with one attached hydrogen (secondary N) is 1. The number of aryl methyl sites for hydroxylation is 1. The van der Waals surface area contributed by atoms with E-state index in [1.165, 1.54) is 11.3 Å². The van der Waals surface area contributed by atoms with Crippen molar-refractivity contribution in [3.05, 3.63) is 41.2 Å². The highest BCUT2D eigenvalue weighted by Gasteiger charge is 2.14. The van der Waals surface area contributed by atoms with Gasteiger partial charge in [0, 0.05) is 36.0 Å². The molecule has 1 N–H and O–H groups in total. The average molecular weight is 303 g/mol. The minimum Gasteiger partial charge on any atom is -0.493 e. The molecule has 1 aromatic carbocycles. The molecule has 0 spiro atoms. The van der Waals surface area contributed by atoms with Crippen LogP contribution in [0.15, 0.2) is 24.4 Å². The Hall–Kier alpha value is -2.01. The summed E-state index contributed by atoms with van der Waals surface area (Å²) in [6.45, 7) is 7.95. The van der Waals surface area contributed by atoms with E-state index in [4.69, 9.17) is 9.47 Å². The lowest BCUT2D eigenvalue weighted by Gasteiger charge is -2.17. The Balaban J connectivity index is 2.11. The molecule has 2 rings (SSSR count). The third kappa shape index (κ3) is 3.25. The molecule has 22 heavy (non-hydrogen) atoms. The Bertz CT molecular complexity index is 622. The van der Waals surface area contributed by atoms with E-state index in [-0.39, 0.29) is 6.04 Å². The van der Waals surface area contributed by atoms with Gasteiger partial charge in [0.1, 0.15) is 0 Å². The number of aromatic nitrogens is 2. The van der Waals surface area contributed by atoms with Crippen molar-refractivity contribution in [2.45, 2.75) is 39.9 Å². The largest absolute Gasteiger partial charge is 0.493 e. The van der Waals surface area contributed by atoms with Gasteiger partial charge in [-0.2, -0.15) is 5.10 Å². The Morgan fingerprint density at radius 3 is 2.64 bits per heavy atom. The number of methoxy groups -OCH3 is 2. The van der Waals surface area contributed by atoms with Gasteiger partial charge in [0.15, 0.2) is 11.5 Å². The van der Waals surface area contributed by atoms with Crippen molar-refractivity contribution >= 4 is 0 Å². The lowest BCUT2D eigenvalue weighted by molar-refractivity contribution is 0.350. The van der Waals surface area contributed by atoms with Crippen LogP contribution in [0.5, 0.6) is 11.5 Å². The van der Waals surface area contributed by atoms with Crippen LogP contribution >= 0.6 is 0 Å². The van der Waals surface area contributed by atoms with Gasteiger partial charge in [-0.05, 0) is 26.8 Å². The van der Waals surface area contributed by atoms with E-state index in [9.17, 15) is 0 Å². The van der Waals surface area contributed by atoms with Crippen LogP contribution in [0.4, 0.5) is 0 Å². The molecule has 120 valence electrons. The smallest absolute Gasteiger partial charge is 0.165 e. The predicted molar refractivity (Wildman–Crippen MR) is 87.4 cm³/mol. The maximum atomic E-state index is 5.47. The van der Waals surface area contributed by atoms with E-state index in [0.717, 1.165) is 23.6 Å². The van der Waals surface area contributed by atoms with Gasteiger partial charge >= 0.3 is 0 Å². The van der Waals surface area contributed by atoms with Crippen molar-refractivity contribution in [1.82, 2.24) is 15.1 Å². The van der Waals surface area contributed by atoms with Crippen molar-refractivity contribution in [1.29, 1.82) is 0 Å². The molecule has 0 aliphatic heterocycles. The van der Waals surface area contributed by atoms with Gasteiger partial charge in [-0.3, -0.25) is 4.68 Å². The number of ether oxygens (including phenoxy) is 2. The normalized spacial score (nSPS) is 12.2. The fraction of sp³-hybridized carbons (Fsp3) is 0.471. The van der Waals surface area contributed by atoms with Gasteiger partial charge in [0.05, 0.1) is 20.4 Å². The summed E-state index contributed by atoms with van der Waals surface area (Å²) in [6.07, 6.45) is 1.94. The third-order valence-electron chi connectivity index (χ3n) is 3.99. The summed E-state index contributed by atoms with van der Waals surface area (Å²) in [4.78, 5) is 0. The Kier molecular flexibility index (Phi) is 5.44. The van der Waals surface area contributed by atoms with Crippen LogP contribution in [-0.2, 0) is 13.1 Å². The Morgan fingerprint density at radius 1 is 1.27 bits per heavy atom. The Morgan fingerprint density at radius 2 is 2.05 bits per heavy atom. The first-order chi connectivity index (χ1) is 10.6. The summed E-state index contributed by atoms with van der Waals surface area (Å²) in [5.74, 6) is 1.54. The molecule has 5 nitrogen and oxygen atoms in total.